The van der Waals surface area contributed by atoms with E-state index in [1.807, 2.05) is 0 Å². The summed E-state index contributed by atoms with van der Waals surface area (Å²) in [6.07, 6.45) is 1.63. The maximum Gasteiger partial charge on any atom is 0.321 e. The van der Waals surface area contributed by atoms with Crippen molar-refractivity contribution in [2.45, 2.75) is 16.4 Å². The second-order valence-corrected chi connectivity index (χ2v) is 8.59. The van der Waals surface area contributed by atoms with Crippen LogP contribution in [0.2, 0.25) is 0 Å². The molecule has 0 bridgehead atoms. The molecular formula is C18H19N3O8S2. The van der Waals surface area contributed by atoms with Gasteiger partial charge in [0.05, 0.1) is 14.7 Å². The number of thioether (sulfide) groups is 1. The van der Waals surface area contributed by atoms with Gasteiger partial charge in [0.2, 0.25) is 10.0 Å². The summed E-state index contributed by atoms with van der Waals surface area (Å²) in [5, 5.41) is 11.1. The van der Waals surface area contributed by atoms with Crippen molar-refractivity contribution < 1.29 is 32.4 Å². The van der Waals surface area contributed by atoms with Gasteiger partial charge in [-0.05, 0) is 36.1 Å². The molecule has 0 fully saturated rings. The first-order chi connectivity index (χ1) is 14.6. The van der Waals surface area contributed by atoms with Gasteiger partial charge in [0.1, 0.15) is 18.9 Å². The molecule has 3 N–H and O–H groups in total. The third-order valence-corrected chi connectivity index (χ3v) is 5.93. The Morgan fingerprint density at radius 1 is 1.23 bits per heavy atom. The monoisotopic (exact) mass is 469 g/mol. The van der Waals surface area contributed by atoms with Gasteiger partial charge >= 0.3 is 5.97 Å². The Bertz CT molecular complexity index is 1090. The predicted octanol–water partition coefficient (Wildman–Crippen LogP) is 1.20. The number of sulfonamides is 1. The first kappa shape index (κ1) is 24.1. The molecule has 13 heteroatoms. The molecule has 0 aliphatic rings. The van der Waals surface area contributed by atoms with Crippen LogP contribution in [0.4, 0.5) is 5.69 Å². The Morgan fingerprint density at radius 3 is 2.61 bits per heavy atom. The molecule has 31 heavy (non-hydrogen) atoms. The van der Waals surface area contributed by atoms with E-state index in [-0.39, 0.29) is 23.8 Å². The zero-order valence-electron chi connectivity index (χ0n) is 16.3. The molecule has 0 unspecified atom stereocenters. The lowest BCUT2D eigenvalue weighted by molar-refractivity contribution is -0.388. The Labute approximate surface area is 182 Å². The molecule has 0 spiro atoms. The molecule has 0 aliphatic carbocycles. The van der Waals surface area contributed by atoms with Crippen molar-refractivity contribution in [3.8, 4) is 5.75 Å². The number of nitrogens with two attached hydrogens (primary N) is 1. The summed E-state index contributed by atoms with van der Waals surface area (Å²) in [6.45, 7) is -1.14. The number of primary amides is 1. The van der Waals surface area contributed by atoms with E-state index in [1.54, 1.807) is 24.5 Å². The lowest BCUT2D eigenvalue weighted by Gasteiger charge is -2.09. The summed E-state index contributed by atoms with van der Waals surface area (Å²) in [7, 11) is -4.17. The molecule has 11 nitrogen and oxygen atoms in total. The number of rotatable bonds is 11. The quantitative estimate of drug-likeness (QED) is 0.213. The van der Waals surface area contributed by atoms with Crippen LogP contribution in [0.5, 0.6) is 5.75 Å². The SMILES string of the molecule is CSc1ccc(S(=O)(=O)NCC(=O)OCc2cccc(OCC(N)=O)c2)cc1[N+](=O)[O-]. The minimum Gasteiger partial charge on any atom is -0.484 e. The summed E-state index contributed by atoms with van der Waals surface area (Å²) >= 11 is 1.11. The molecule has 166 valence electrons. The summed E-state index contributed by atoms with van der Waals surface area (Å²) in [6, 6.07) is 9.84. The number of hydrogen-bond donors (Lipinski definition) is 2. The van der Waals surface area contributed by atoms with Crippen molar-refractivity contribution in [3.63, 3.8) is 0 Å². The van der Waals surface area contributed by atoms with Gasteiger partial charge in [-0.2, -0.15) is 4.72 Å². The van der Waals surface area contributed by atoms with Gasteiger partial charge in [-0.25, -0.2) is 8.42 Å². The zero-order chi connectivity index (χ0) is 23.0. The number of amides is 1. The van der Waals surface area contributed by atoms with Crippen molar-refractivity contribution in [2.24, 2.45) is 5.73 Å². The second kappa shape index (κ2) is 10.7. The molecule has 0 saturated heterocycles. The van der Waals surface area contributed by atoms with Gasteiger partial charge < -0.3 is 15.2 Å². The highest BCUT2D eigenvalue weighted by atomic mass is 32.2. The number of esters is 1. The number of carbonyl (C=O) groups excluding carboxylic acids is 2. The average molecular weight is 469 g/mol. The molecule has 2 aromatic carbocycles. The first-order valence-corrected chi connectivity index (χ1v) is 11.3. The van der Waals surface area contributed by atoms with Crippen LogP contribution in [0.1, 0.15) is 5.56 Å². The third-order valence-electron chi connectivity index (χ3n) is 3.74. The van der Waals surface area contributed by atoms with Crippen LogP contribution in [-0.2, 0) is 31.0 Å². The van der Waals surface area contributed by atoms with Crippen molar-refractivity contribution in [3.05, 3.63) is 58.1 Å². The lowest BCUT2D eigenvalue weighted by Crippen LogP contribution is -2.30. The van der Waals surface area contributed by atoms with Crippen molar-refractivity contribution in [1.29, 1.82) is 0 Å². The average Bonchev–Trinajstić information content (AvgIpc) is 2.74. The van der Waals surface area contributed by atoms with E-state index in [4.69, 9.17) is 15.2 Å². The Morgan fingerprint density at radius 2 is 1.97 bits per heavy atom. The van der Waals surface area contributed by atoms with Gasteiger partial charge in [0.15, 0.2) is 6.61 Å². The smallest absolute Gasteiger partial charge is 0.321 e. The molecule has 0 aromatic heterocycles. The maximum absolute atomic E-state index is 12.4. The molecular weight excluding hydrogens is 450 g/mol. The predicted molar refractivity (Wildman–Crippen MR) is 111 cm³/mol. The Balaban J connectivity index is 1.95. The van der Waals surface area contributed by atoms with Crippen LogP contribution < -0.4 is 15.2 Å². The van der Waals surface area contributed by atoms with E-state index in [0.717, 1.165) is 17.8 Å². The van der Waals surface area contributed by atoms with Crippen LogP contribution >= 0.6 is 11.8 Å². The Hall–Kier alpha value is -3.16. The lowest BCUT2D eigenvalue weighted by atomic mass is 10.2. The van der Waals surface area contributed by atoms with Crippen molar-refractivity contribution in [1.82, 2.24) is 4.72 Å². The van der Waals surface area contributed by atoms with E-state index in [0.29, 0.717) is 16.2 Å². The van der Waals surface area contributed by atoms with Gasteiger partial charge in [0.25, 0.3) is 11.6 Å². The fourth-order valence-corrected chi connectivity index (χ4v) is 3.85. The molecule has 0 saturated carbocycles. The fraction of sp³-hybridized carbons (Fsp3) is 0.222. The summed E-state index contributed by atoms with van der Waals surface area (Å²) in [5.41, 5.74) is 5.19. The molecule has 2 aromatic rings. The standard InChI is InChI=1S/C18H19N3O8S2/c1-30-16-6-5-14(8-15(16)21(24)25)31(26,27)20-9-18(23)29-10-12-3-2-4-13(7-12)28-11-17(19)22/h2-8,20H,9-11H2,1H3,(H2,19,22). The van der Waals surface area contributed by atoms with Gasteiger partial charge in [-0.3, -0.25) is 19.7 Å². The van der Waals surface area contributed by atoms with Crippen molar-refractivity contribution in [2.75, 3.05) is 19.4 Å². The summed E-state index contributed by atoms with van der Waals surface area (Å²) in [4.78, 5) is 33.1. The van der Waals surface area contributed by atoms with E-state index in [2.05, 4.69) is 4.72 Å². The summed E-state index contributed by atoms with van der Waals surface area (Å²) in [5.74, 6) is -1.15. The molecule has 1 amide bonds. The molecule has 0 heterocycles. The number of nitro benzene ring substituents is 1. The maximum atomic E-state index is 12.4. The van der Waals surface area contributed by atoms with Crippen molar-refractivity contribution >= 4 is 39.3 Å². The van der Waals surface area contributed by atoms with Crippen LogP contribution in [0.25, 0.3) is 0 Å². The highest BCUT2D eigenvalue weighted by Gasteiger charge is 2.22. The third kappa shape index (κ3) is 7.24. The highest BCUT2D eigenvalue weighted by molar-refractivity contribution is 7.98. The van der Waals surface area contributed by atoms with E-state index < -0.39 is 33.4 Å². The van der Waals surface area contributed by atoms with Gasteiger partial charge in [-0.1, -0.05) is 12.1 Å². The van der Waals surface area contributed by atoms with E-state index >= 15 is 0 Å². The van der Waals surface area contributed by atoms with Crippen LogP contribution in [0.3, 0.4) is 0 Å². The Kier molecular flexibility index (Phi) is 8.36. The number of nitrogens with one attached hydrogen (secondary N) is 1. The van der Waals surface area contributed by atoms with Crippen LogP contribution in [-0.4, -0.2) is 44.6 Å². The van der Waals surface area contributed by atoms with E-state index in [1.165, 1.54) is 18.2 Å². The molecule has 0 aliphatic heterocycles. The van der Waals surface area contributed by atoms with E-state index in [9.17, 15) is 28.1 Å². The highest BCUT2D eigenvalue weighted by Crippen LogP contribution is 2.29. The van der Waals surface area contributed by atoms with Gasteiger partial charge in [0, 0.05) is 6.07 Å². The van der Waals surface area contributed by atoms with Gasteiger partial charge in [-0.15, -0.1) is 11.8 Å². The largest absolute Gasteiger partial charge is 0.484 e. The number of nitro groups is 1. The minimum atomic E-state index is -4.17. The number of hydrogen-bond acceptors (Lipinski definition) is 9. The molecule has 2 rings (SSSR count). The van der Waals surface area contributed by atoms with Crippen LogP contribution in [0.15, 0.2) is 52.3 Å². The number of nitrogens with zero attached hydrogens (tertiary/aromatic N) is 1. The zero-order valence-corrected chi connectivity index (χ0v) is 17.9. The topological polar surface area (TPSA) is 168 Å². The number of benzene rings is 2. The van der Waals surface area contributed by atoms with Crippen LogP contribution in [0, 0.1) is 10.1 Å². The molecule has 0 atom stereocenters. The number of carbonyl (C=O) groups is 2. The minimum absolute atomic E-state index is 0.164. The molecule has 0 radical (unpaired) electrons. The first-order valence-electron chi connectivity index (χ1n) is 8.60. The number of ether oxygens (including phenoxy) is 2. The second-order valence-electron chi connectivity index (χ2n) is 5.98. The normalized spacial score (nSPS) is 11.0. The summed E-state index contributed by atoms with van der Waals surface area (Å²) < 4.78 is 36.9. The fourth-order valence-electron chi connectivity index (χ4n) is 2.31.